The Morgan fingerprint density at radius 2 is 2.27 bits per heavy atom. The van der Waals surface area contributed by atoms with Crippen molar-refractivity contribution in [1.82, 2.24) is 14.5 Å². The van der Waals surface area contributed by atoms with Crippen LogP contribution in [0.3, 0.4) is 0 Å². The van der Waals surface area contributed by atoms with Gasteiger partial charge in [-0.15, -0.1) is 18.2 Å². The first-order valence-electron chi connectivity index (χ1n) is 9.98. The summed E-state index contributed by atoms with van der Waals surface area (Å²) in [7, 11) is 0. The molecule has 3 heterocycles. The molecule has 1 aromatic carbocycles. The SMILES string of the molecule is C#CCSc1cccc(C(=O)Nc2ncnc3c2c(C)c(C)n3CC2CCCO2)c1. The van der Waals surface area contributed by atoms with Crippen LogP contribution in [0.15, 0.2) is 35.5 Å². The van der Waals surface area contributed by atoms with Gasteiger partial charge in [-0.25, -0.2) is 9.97 Å². The highest BCUT2D eigenvalue weighted by Gasteiger charge is 2.22. The molecule has 3 aromatic rings. The van der Waals surface area contributed by atoms with Gasteiger partial charge in [-0.05, 0) is 50.5 Å². The molecule has 7 heteroatoms. The number of hydrogen-bond donors (Lipinski definition) is 1. The second-order valence-corrected chi connectivity index (χ2v) is 8.40. The molecular formula is C23H24N4O2S. The molecule has 4 rings (SSSR count). The third-order valence-electron chi connectivity index (χ3n) is 5.47. The van der Waals surface area contributed by atoms with Crippen molar-refractivity contribution in [3.8, 4) is 12.3 Å². The number of carbonyl (C=O) groups excluding carboxylic acids is 1. The van der Waals surface area contributed by atoms with Crippen LogP contribution in [-0.4, -0.2) is 38.9 Å². The Morgan fingerprint density at radius 1 is 1.40 bits per heavy atom. The highest BCUT2D eigenvalue weighted by Crippen LogP contribution is 2.30. The fourth-order valence-corrected chi connectivity index (χ4v) is 4.45. The summed E-state index contributed by atoms with van der Waals surface area (Å²) >= 11 is 1.53. The van der Waals surface area contributed by atoms with Crippen LogP contribution in [0.25, 0.3) is 11.0 Å². The van der Waals surface area contributed by atoms with Crippen LogP contribution in [0.2, 0.25) is 0 Å². The molecule has 0 aliphatic carbocycles. The van der Waals surface area contributed by atoms with E-state index in [1.165, 1.54) is 18.1 Å². The minimum Gasteiger partial charge on any atom is -0.376 e. The van der Waals surface area contributed by atoms with Crippen LogP contribution in [0.4, 0.5) is 5.82 Å². The molecule has 30 heavy (non-hydrogen) atoms. The van der Waals surface area contributed by atoms with Crippen molar-refractivity contribution in [2.75, 3.05) is 17.7 Å². The van der Waals surface area contributed by atoms with E-state index in [0.29, 0.717) is 17.1 Å². The molecule has 1 fully saturated rings. The minimum absolute atomic E-state index is 0.204. The van der Waals surface area contributed by atoms with Gasteiger partial charge in [0.15, 0.2) is 0 Å². The van der Waals surface area contributed by atoms with Gasteiger partial charge >= 0.3 is 0 Å². The highest BCUT2D eigenvalue weighted by atomic mass is 32.2. The molecule has 0 spiro atoms. The number of thioether (sulfide) groups is 1. The Hall–Kier alpha value is -2.82. The number of nitrogens with zero attached hydrogens (tertiary/aromatic N) is 3. The second-order valence-electron chi connectivity index (χ2n) is 7.35. The highest BCUT2D eigenvalue weighted by molar-refractivity contribution is 7.99. The maximum atomic E-state index is 12.9. The Bertz CT molecular complexity index is 1130. The minimum atomic E-state index is -0.206. The van der Waals surface area contributed by atoms with Crippen LogP contribution in [0.5, 0.6) is 0 Å². The van der Waals surface area contributed by atoms with E-state index in [1.807, 2.05) is 25.1 Å². The molecule has 1 aliphatic heterocycles. The van der Waals surface area contributed by atoms with Crippen molar-refractivity contribution >= 4 is 34.5 Å². The topological polar surface area (TPSA) is 69.0 Å². The summed E-state index contributed by atoms with van der Waals surface area (Å²) in [5.74, 6) is 3.48. The standard InChI is InChI=1S/C23H24N4O2S/c1-4-11-30-19-9-5-7-17(12-19)23(28)26-21-20-15(2)16(3)27(22(20)25-14-24-21)13-18-8-6-10-29-18/h1,5,7,9,12,14,18H,6,8,10-11,13H2,2-3H3,(H,24,25,26,28). The van der Waals surface area contributed by atoms with Crippen LogP contribution >= 0.6 is 11.8 Å². The molecule has 6 nitrogen and oxygen atoms in total. The summed E-state index contributed by atoms with van der Waals surface area (Å²) in [6.07, 6.45) is 9.19. The summed E-state index contributed by atoms with van der Waals surface area (Å²) < 4.78 is 7.99. The predicted octanol–water partition coefficient (Wildman–Crippen LogP) is 4.20. The number of amides is 1. The van der Waals surface area contributed by atoms with Crippen LogP contribution in [-0.2, 0) is 11.3 Å². The van der Waals surface area contributed by atoms with E-state index in [1.54, 1.807) is 6.07 Å². The zero-order valence-electron chi connectivity index (χ0n) is 17.1. The van der Waals surface area contributed by atoms with Crippen molar-refractivity contribution < 1.29 is 9.53 Å². The van der Waals surface area contributed by atoms with Crippen molar-refractivity contribution in [2.24, 2.45) is 0 Å². The molecule has 0 bridgehead atoms. The van der Waals surface area contributed by atoms with Gasteiger partial charge in [-0.1, -0.05) is 12.0 Å². The van der Waals surface area contributed by atoms with Gasteiger partial charge in [-0.2, -0.15) is 0 Å². The number of hydrogen-bond acceptors (Lipinski definition) is 5. The van der Waals surface area contributed by atoms with Gasteiger partial charge in [0, 0.05) is 22.8 Å². The van der Waals surface area contributed by atoms with E-state index in [-0.39, 0.29) is 12.0 Å². The molecule has 1 amide bonds. The fraction of sp³-hybridized carbons (Fsp3) is 0.348. The zero-order chi connectivity index (χ0) is 21.1. The van der Waals surface area contributed by atoms with Crippen molar-refractivity contribution in [2.45, 2.75) is 44.2 Å². The molecule has 0 radical (unpaired) electrons. The van der Waals surface area contributed by atoms with E-state index >= 15 is 0 Å². The monoisotopic (exact) mass is 420 g/mol. The first-order chi connectivity index (χ1) is 14.6. The average Bonchev–Trinajstić information content (AvgIpc) is 3.36. The van der Waals surface area contributed by atoms with Crippen molar-refractivity contribution in [3.63, 3.8) is 0 Å². The maximum absolute atomic E-state index is 12.9. The lowest BCUT2D eigenvalue weighted by Gasteiger charge is -2.13. The molecule has 1 saturated heterocycles. The molecule has 1 unspecified atom stereocenters. The van der Waals surface area contributed by atoms with E-state index in [9.17, 15) is 4.79 Å². The number of aryl methyl sites for hydroxylation is 1. The van der Waals surface area contributed by atoms with E-state index in [4.69, 9.17) is 11.2 Å². The first-order valence-corrected chi connectivity index (χ1v) is 11.0. The van der Waals surface area contributed by atoms with Crippen LogP contribution in [0.1, 0.15) is 34.5 Å². The number of anilines is 1. The van der Waals surface area contributed by atoms with E-state index in [2.05, 4.69) is 32.7 Å². The number of nitrogens with one attached hydrogen (secondary N) is 1. The fourth-order valence-electron chi connectivity index (χ4n) is 3.81. The largest absolute Gasteiger partial charge is 0.376 e. The maximum Gasteiger partial charge on any atom is 0.256 e. The number of carbonyl (C=O) groups is 1. The Morgan fingerprint density at radius 3 is 3.03 bits per heavy atom. The molecule has 1 aliphatic rings. The van der Waals surface area contributed by atoms with E-state index < -0.39 is 0 Å². The summed E-state index contributed by atoms with van der Waals surface area (Å²) in [4.78, 5) is 22.8. The van der Waals surface area contributed by atoms with Gasteiger partial charge in [-0.3, -0.25) is 4.79 Å². The molecule has 154 valence electrons. The molecular weight excluding hydrogens is 396 g/mol. The van der Waals surface area contributed by atoms with Gasteiger partial charge < -0.3 is 14.6 Å². The van der Waals surface area contributed by atoms with Crippen molar-refractivity contribution in [1.29, 1.82) is 0 Å². The van der Waals surface area contributed by atoms with Crippen LogP contribution in [0, 0.1) is 26.2 Å². The molecule has 2 aromatic heterocycles. The van der Waals surface area contributed by atoms with Gasteiger partial charge in [0.05, 0.1) is 23.8 Å². The summed E-state index contributed by atoms with van der Waals surface area (Å²) in [5.41, 5.74) is 3.57. The molecule has 1 atom stereocenters. The lowest BCUT2D eigenvalue weighted by atomic mass is 10.2. The summed E-state index contributed by atoms with van der Waals surface area (Å²) in [6.45, 7) is 5.69. The molecule has 0 saturated carbocycles. The third-order valence-corrected chi connectivity index (χ3v) is 6.36. The number of aromatic nitrogens is 3. The Kier molecular flexibility index (Phi) is 6.07. The molecule has 1 N–H and O–H groups in total. The van der Waals surface area contributed by atoms with Crippen LogP contribution < -0.4 is 5.32 Å². The Labute approximate surface area is 180 Å². The number of ether oxygens (including phenoxy) is 1. The lowest BCUT2D eigenvalue weighted by molar-refractivity contribution is 0.0974. The number of rotatable bonds is 6. The smallest absolute Gasteiger partial charge is 0.256 e. The Balaban J connectivity index is 1.63. The summed E-state index contributed by atoms with van der Waals surface area (Å²) in [6, 6.07) is 7.43. The third kappa shape index (κ3) is 4.07. The zero-order valence-corrected chi connectivity index (χ0v) is 18.0. The number of benzene rings is 1. The number of fused-ring (bicyclic) bond motifs is 1. The van der Waals surface area contributed by atoms with E-state index in [0.717, 1.165) is 53.2 Å². The summed E-state index contributed by atoms with van der Waals surface area (Å²) in [5, 5.41) is 3.85. The quantitative estimate of drug-likeness (QED) is 0.478. The normalized spacial score (nSPS) is 16.0. The predicted molar refractivity (Wildman–Crippen MR) is 120 cm³/mol. The first kappa shape index (κ1) is 20.5. The lowest BCUT2D eigenvalue weighted by Crippen LogP contribution is -2.16. The van der Waals surface area contributed by atoms with Crippen molar-refractivity contribution in [3.05, 3.63) is 47.4 Å². The number of terminal acetylenes is 1. The van der Waals surface area contributed by atoms with Gasteiger partial charge in [0.2, 0.25) is 0 Å². The van der Waals surface area contributed by atoms with Gasteiger partial charge in [0.25, 0.3) is 5.91 Å². The second kappa shape index (κ2) is 8.90. The van der Waals surface area contributed by atoms with Gasteiger partial charge in [0.1, 0.15) is 17.8 Å². The average molecular weight is 421 g/mol.